The minimum Gasteiger partial charge on any atom is -0.478 e. The Labute approximate surface area is 121 Å². The highest BCUT2D eigenvalue weighted by Crippen LogP contribution is 2.26. The molecule has 0 atom stereocenters. The predicted molar refractivity (Wildman–Crippen MR) is 76.0 cm³/mol. The predicted octanol–water partition coefficient (Wildman–Crippen LogP) is 2.13. The maximum atomic E-state index is 11.1. The van der Waals surface area contributed by atoms with Gasteiger partial charge in [0.05, 0.1) is 10.5 Å². The van der Waals surface area contributed by atoms with Crippen LogP contribution in [-0.4, -0.2) is 19.5 Å². The van der Waals surface area contributed by atoms with Crippen molar-refractivity contribution in [3.05, 3.63) is 53.6 Å². The molecule has 0 amide bonds. The lowest BCUT2D eigenvalue weighted by Crippen LogP contribution is -2.11. The van der Waals surface area contributed by atoms with Crippen LogP contribution in [0.15, 0.2) is 47.4 Å². The molecular weight excluding hydrogens is 294 g/mol. The molecule has 6 nitrogen and oxygen atoms in total. The zero-order valence-corrected chi connectivity index (χ0v) is 11.9. The number of carboxylic acids is 1. The first-order valence-corrected chi connectivity index (χ1v) is 7.46. The van der Waals surface area contributed by atoms with Gasteiger partial charge in [-0.1, -0.05) is 6.07 Å². The quantitative estimate of drug-likeness (QED) is 0.899. The van der Waals surface area contributed by atoms with Crippen molar-refractivity contribution in [2.75, 3.05) is 0 Å². The molecule has 110 valence electrons. The minimum absolute atomic E-state index is 0.0224. The third kappa shape index (κ3) is 3.59. The number of aryl methyl sites for hydroxylation is 1. The van der Waals surface area contributed by atoms with E-state index in [9.17, 15) is 13.2 Å². The Bertz CT molecular complexity index is 782. The fourth-order valence-corrected chi connectivity index (χ4v) is 2.18. The molecule has 0 radical (unpaired) electrons. The fraction of sp³-hybridized carbons (Fsp3) is 0.0714. The number of carbonyl (C=O) groups is 1. The van der Waals surface area contributed by atoms with Gasteiger partial charge >= 0.3 is 5.97 Å². The van der Waals surface area contributed by atoms with E-state index >= 15 is 0 Å². The molecule has 3 N–H and O–H groups in total. The van der Waals surface area contributed by atoms with E-state index in [1.54, 1.807) is 13.0 Å². The summed E-state index contributed by atoms with van der Waals surface area (Å²) < 4.78 is 27.9. The van der Waals surface area contributed by atoms with Gasteiger partial charge in [-0.25, -0.2) is 18.4 Å². The van der Waals surface area contributed by atoms with Crippen LogP contribution in [0.5, 0.6) is 11.5 Å². The van der Waals surface area contributed by atoms with Crippen molar-refractivity contribution in [3.8, 4) is 11.5 Å². The second kappa shape index (κ2) is 5.55. The van der Waals surface area contributed by atoms with Crippen molar-refractivity contribution in [2.45, 2.75) is 11.8 Å². The minimum atomic E-state index is -3.75. The summed E-state index contributed by atoms with van der Waals surface area (Å²) in [5.41, 5.74) is 0.868. The number of ether oxygens (including phenoxy) is 1. The second-order valence-electron chi connectivity index (χ2n) is 4.40. The van der Waals surface area contributed by atoms with Gasteiger partial charge < -0.3 is 9.84 Å². The van der Waals surface area contributed by atoms with E-state index in [4.69, 9.17) is 15.0 Å². The summed E-state index contributed by atoms with van der Waals surface area (Å²) in [6, 6.07) is 10.1. The highest BCUT2D eigenvalue weighted by molar-refractivity contribution is 7.89. The number of hydrogen-bond donors (Lipinski definition) is 2. The first kappa shape index (κ1) is 15.0. The largest absolute Gasteiger partial charge is 0.478 e. The molecule has 0 unspecified atom stereocenters. The maximum absolute atomic E-state index is 11.1. The van der Waals surface area contributed by atoms with Gasteiger partial charge in [-0.05, 0) is 48.9 Å². The molecule has 2 rings (SSSR count). The Hall–Kier alpha value is -2.38. The molecule has 2 aromatic carbocycles. The average molecular weight is 307 g/mol. The third-order valence-electron chi connectivity index (χ3n) is 2.82. The van der Waals surface area contributed by atoms with Crippen LogP contribution in [0.25, 0.3) is 0 Å². The van der Waals surface area contributed by atoms with E-state index < -0.39 is 16.0 Å². The Morgan fingerprint density at radius 2 is 1.76 bits per heavy atom. The van der Waals surface area contributed by atoms with Crippen molar-refractivity contribution in [2.24, 2.45) is 5.14 Å². The zero-order valence-electron chi connectivity index (χ0n) is 11.1. The Morgan fingerprint density at radius 3 is 2.29 bits per heavy atom. The van der Waals surface area contributed by atoms with Crippen LogP contribution < -0.4 is 9.88 Å². The molecule has 0 bridgehead atoms. The molecule has 0 aliphatic carbocycles. The van der Waals surface area contributed by atoms with Gasteiger partial charge in [-0.3, -0.25) is 0 Å². The Balaban J connectivity index is 2.30. The van der Waals surface area contributed by atoms with E-state index in [0.717, 1.165) is 5.56 Å². The van der Waals surface area contributed by atoms with Gasteiger partial charge in [0.15, 0.2) is 0 Å². The van der Waals surface area contributed by atoms with Crippen LogP contribution in [0.4, 0.5) is 0 Å². The van der Waals surface area contributed by atoms with Gasteiger partial charge in [0.25, 0.3) is 0 Å². The summed E-state index contributed by atoms with van der Waals surface area (Å²) in [4.78, 5) is 10.9. The number of sulfonamides is 1. The van der Waals surface area contributed by atoms with Gasteiger partial charge in [0.1, 0.15) is 11.5 Å². The van der Waals surface area contributed by atoms with Gasteiger partial charge in [-0.15, -0.1) is 0 Å². The number of benzene rings is 2. The number of carboxylic acid groups (broad SMARTS) is 1. The molecule has 21 heavy (non-hydrogen) atoms. The van der Waals surface area contributed by atoms with Crippen LogP contribution >= 0.6 is 0 Å². The number of hydrogen-bond acceptors (Lipinski definition) is 4. The standard InChI is InChI=1S/C14H13NO5S/c1-9-2-3-10(14(16)17)8-13(9)20-11-4-6-12(7-5-11)21(15,18)19/h2-8H,1H3,(H,16,17)(H2,15,18,19). The van der Waals surface area contributed by atoms with Crippen LogP contribution in [-0.2, 0) is 10.0 Å². The van der Waals surface area contributed by atoms with Crippen molar-refractivity contribution < 1.29 is 23.1 Å². The second-order valence-corrected chi connectivity index (χ2v) is 5.97. The highest BCUT2D eigenvalue weighted by Gasteiger charge is 2.10. The summed E-state index contributed by atoms with van der Waals surface area (Å²) in [5.74, 6) is -0.282. The molecule has 0 fully saturated rings. The Morgan fingerprint density at radius 1 is 1.14 bits per heavy atom. The topological polar surface area (TPSA) is 107 Å². The summed E-state index contributed by atoms with van der Waals surface area (Å²) in [6.45, 7) is 1.78. The lowest BCUT2D eigenvalue weighted by Gasteiger charge is -2.10. The molecule has 0 spiro atoms. The van der Waals surface area contributed by atoms with Crippen molar-refractivity contribution >= 4 is 16.0 Å². The molecule has 2 aromatic rings. The number of rotatable bonds is 4. The molecule has 7 heteroatoms. The molecule has 0 heterocycles. The SMILES string of the molecule is Cc1ccc(C(=O)O)cc1Oc1ccc(S(N)(=O)=O)cc1. The smallest absolute Gasteiger partial charge is 0.335 e. The van der Waals surface area contributed by atoms with E-state index in [2.05, 4.69) is 0 Å². The lowest BCUT2D eigenvalue weighted by atomic mass is 10.1. The van der Waals surface area contributed by atoms with Crippen LogP contribution in [0.3, 0.4) is 0 Å². The monoisotopic (exact) mass is 307 g/mol. The van der Waals surface area contributed by atoms with Crippen LogP contribution in [0, 0.1) is 6.92 Å². The first-order chi connectivity index (χ1) is 9.77. The van der Waals surface area contributed by atoms with E-state index in [0.29, 0.717) is 11.5 Å². The zero-order chi connectivity index (χ0) is 15.6. The van der Waals surface area contributed by atoms with Gasteiger partial charge in [-0.2, -0.15) is 0 Å². The number of nitrogens with two attached hydrogens (primary N) is 1. The van der Waals surface area contributed by atoms with Crippen molar-refractivity contribution in [1.82, 2.24) is 0 Å². The van der Waals surface area contributed by atoms with Gasteiger partial charge in [0, 0.05) is 0 Å². The number of aromatic carboxylic acids is 1. The molecule has 0 saturated heterocycles. The summed E-state index contributed by atoms with van der Waals surface area (Å²) in [7, 11) is -3.75. The van der Waals surface area contributed by atoms with Crippen LogP contribution in [0.1, 0.15) is 15.9 Å². The molecule has 0 aromatic heterocycles. The van der Waals surface area contributed by atoms with E-state index in [-0.39, 0.29) is 10.5 Å². The normalized spacial score (nSPS) is 11.1. The molecule has 0 aliphatic heterocycles. The average Bonchev–Trinajstić information content (AvgIpc) is 2.40. The Kier molecular flexibility index (Phi) is 3.97. The van der Waals surface area contributed by atoms with Crippen molar-refractivity contribution in [1.29, 1.82) is 0 Å². The first-order valence-electron chi connectivity index (χ1n) is 5.92. The maximum Gasteiger partial charge on any atom is 0.335 e. The van der Waals surface area contributed by atoms with E-state index in [1.807, 2.05) is 0 Å². The van der Waals surface area contributed by atoms with Crippen LogP contribution in [0.2, 0.25) is 0 Å². The fourth-order valence-electron chi connectivity index (χ4n) is 1.67. The number of primary sulfonamides is 1. The highest BCUT2D eigenvalue weighted by atomic mass is 32.2. The lowest BCUT2D eigenvalue weighted by molar-refractivity contribution is 0.0696. The molecule has 0 saturated carbocycles. The van der Waals surface area contributed by atoms with Crippen molar-refractivity contribution in [3.63, 3.8) is 0 Å². The summed E-state index contributed by atoms with van der Waals surface area (Å²) >= 11 is 0. The summed E-state index contributed by atoms with van der Waals surface area (Å²) in [6.07, 6.45) is 0. The molecule has 0 aliphatic rings. The summed E-state index contributed by atoms with van der Waals surface area (Å²) in [5, 5.41) is 14.0. The molecular formula is C14H13NO5S. The third-order valence-corrected chi connectivity index (χ3v) is 3.74. The van der Waals surface area contributed by atoms with Gasteiger partial charge in [0.2, 0.25) is 10.0 Å². The van der Waals surface area contributed by atoms with E-state index in [1.165, 1.54) is 36.4 Å².